The van der Waals surface area contributed by atoms with Gasteiger partial charge in [-0.2, -0.15) is 0 Å². The minimum absolute atomic E-state index is 0.176. The molecule has 0 aromatic carbocycles. The fraction of sp³-hybridized carbons (Fsp3) is 0.462. The average molecular weight is 247 g/mol. The Bertz CT molecular complexity index is 492. The molecule has 0 saturated carbocycles. The SMILES string of the molecule is OC[C@@H]1CCn2cncc2CN1Cc1ccco1. The molecule has 0 amide bonds. The molecule has 1 aliphatic rings. The van der Waals surface area contributed by atoms with Crippen molar-refractivity contribution in [2.75, 3.05) is 6.61 Å². The van der Waals surface area contributed by atoms with Gasteiger partial charge in [0.15, 0.2) is 0 Å². The molecule has 0 saturated heterocycles. The van der Waals surface area contributed by atoms with Crippen LogP contribution in [0.15, 0.2) is 35.3 Å². The van der Waals surface area contributed by atoms with Gasteiger partial charge in [0.1, 0.15) is 5.76 Å². The van der Waals surface area contributed by atoms with E-state index in [9.17, 15) is 5.11 Å². The molecule has 0 spiro atoms. The van der Waals surface area contributed by atoms with Gasteiger partial charge in [-0.1, -0.05) is 0 Å². The van der Waals surface area contributed by atoms with Gasteiger partial charge in [-0.3, -0.25) is 4.90 Å². The lowest BCUT2D eigenvalue weighted by Gasteiger charge is -2.26. The van der Waals surface area contributed by atoms with Crippen LogP contribution in [0.25, 0.3) is 0 Å². The van der Waals surface area contributed by atoms with Crippen LogP contribution in [-0.2, 0) is 19.6 Å². The molecular formula is C13H17N3O2. The monoisotopic (exact) mass is 247 g/mol. The van der Waals surface area contributed by atoms with Crippen molar-refractivity contribution in [3.63, 3.8) is 0 Å². The third kappa shape index (κ3) is 2.19. The number of imidazole rings is 1. The van der Waals surface area contributed by atoms with Crippen molar-refractivity contribution < 1.29 is 9.52 Å². The summed E-state index contributed by atoms with van der Waals surface area (Å²) in [7, 11) is 0. The van der Waals surface area contributed by atoms with Crippen molar-refractivity contribution in [2.24, 2.45) is 0 Å². The number of hydrogen-bond acceptors (Lipinski definition) is 4. The predicted molar refractivity (Wildman–Crippen MR) is 65.7 cm³/mol. The van der Waals surface area contributed by atoms with Gasteiger partial charge >= 0.3 is 0 Å². The summed E-state index contributed by atoms with van der Waals surface area (Å²) in [4.78, 5) is 6.43. The van der Waals surface area contributed by atoms with Crippen molar-refractivity contribution in [2.45, 2.75) is 32.1 Å². The third-order valence-electron chi connectivity index (χ3n) is 3.53. The van der Waals surface area contributed by atoms with E-state index in [1.54, 1.807) is 6.26 Å². The Morgan fingerprint density at radius 1 is 1.50 bits per heavy atom. The van der Waals surface area contributed by atoms with Crippen LogP contribution >= 0.6 is 0 Å². The standard InChI is InChI=1S/C13H17N3O2/c17-9-11-3-4-15-10-14-6-12(15)7-16(11)8-13-2-1-5-18-13/h1-2,5-6,10-11,17H,3-4,7-9H2/t11-/m0/s1. The summed E-state index contributed by atoms with van der Waals surface area (Å²) in [6.07, 6.45) is 6.38. The molecule has 0 aliphatic carbocycles. The van der Waals surface area contributed by atoms with Crippen LogP contribution in [0.3, 0.4) is 0 Å². The molecular weight excluding hydrogens is 230 g/mol. The Balaban J connectivity index is 1.80. The molecule has 0 bridgehead atoms. The number of fused-ring (bicyclic) bond motifs is 1. The third-order valence-corrected chi connectivity index (χ3v) is 3.53. The average Bonchev–Trinajstić information content (AvgIpc) is 3.00. The second-order valence-corrected chi connectivity index (χ2v) is 4.69. The molecule has 0 radical (unpaired) electrons. The zero-order valence-electron chi connectivity index (χ0n) is 10.2. The van der Waals surface area contributed by atoms with Gasteiger partial charge in [-0.25, -0.2) is 4.98 Å². The van der Waals surface area contributed by atoms with Gasteiger partial charge in [-0.15, -0.1) is 0 Å². The number of aliphatic hydroxyl groups excluding tert-OH is 1. The number of aromatic nitrogens is 2. The summed E-state index contributed by atoms with van der Waals surface area (Å²) in [5.74, 6) is 0.932. The van der Waals surface area contributed by atoms with E-state index in [-0.39, 0.29) is 12.6 Å². The lowest BCUT2D eigenvalue weighted by molar-refractivity contribution is 0.101. The smallest absolute Gasteiger partial charge is 0.117 e. The molecule has 1 atom stereocenters. The Morgan fingerprint density at radius 3 is 3.22 bits per heavy atom. The lowest BCUT2D eigenvalue weighted by Crippen LogP contribution is -2.36. The summed E-state index contributed by atoms with van der Waals surface area (Å²) in [5.41, 5.74) is 1.19. The fourth-order valence-electron chi connectivity index (χ4n) is 2.48. The first-order valence-electron chi connectivity index (χ1n) is 6.23. The topological polar surface area (TPSA) is 54.4 Å². The molecule has 2 aromatic heterocycles. The van der Waals surface area contributed by atoms with Crippen LogP contribution in [-0.4, -0.2) is 32.2 Å². The molecule has 3 heterocycles. The van der Waals surface area contributed by atoms with E-state index in [1.807, 2.05) is 24.7 Å². The van der Waals surface area contributed by atoms with E-state index in [4.69, 9.17) is 4.42 Å². The summed E-state index contributed by atoms with van der Waals surface area (Å²) >= 11 is 0. The zero-order chi connectivity index (χ0) is 12.4. The molecule has 5 nitrogen and oxygen atoms in total. The highest BCUT2D eigenvalue weighted by Gasteiger charge is 2.23. The Labute approximate surface area is 106 Å². The number of aryl methyl sites for hydroxylation is 1. The highest BCUT2D eigenvalue weighted by atomic mass is 16.3. The maximum atomic E-state index is 9.53. The molecule has 5 heteroatoms. The number of furan rings is 1. The van der Waals surface area contributed by atoms with E-state index in [1.165, 1.54) is 5.69 Å². The van der Waals surface area contributed by atoms with Crippen LogP contribution in [0.5, 0.6) is 0 Å². The number of hydrogen-bond donors (Lipinski definition) is 1. The molecule has 0 fully saturated rings. The van der Waals surface area contributed by atoms with Gasteiger partial charge in [0.05, 0.1) is 31.4 Å². The van der Waals surface area contributed by atoms with Crippen molar-refractivity contribution in [1.29, 1.82) is 0 Å². The quantitative estimate of drug-likeness (QED) is 0.886. The van der Waals surface area contributed by atoms with Crippen LogP contribution in [0.4, 0.5) is 0 Å². The Hall–Kier alpha value is -1.59. The van der Waals surface area contributed by atoms with Crippen molar-refractivity contribution >= 4 is 0 Å². The van der Waals surface area contributed by atoms with Crippen LogP contribution in [0, 0.1) is 0 Å². The number of rotatable bonds is 3. The van der Waals surface area contributed by atoms with Gasteiger partial charge in [-0.05, 0) is 18.6 Å². The highest BCUT2D eigenvalue weighted by Crippen LogP contribution is 2.19. The van der Waals surface area contributed by atoms with Crippen LogP contribution < -0.4 is 0 Å². The molecule has 1 N–H and O–H groups in total. The zero-order valence-corrected chi connectivity index (χ0v) is 10.2. The van der Waals surface area contributed by atoms with Gasteiger partial charge in [0, 0.05) is 25.3 Å². The minimum atomic E-state index is 0.176. The molecule has 3 rings (SSSR count). The first kappa shape index (κ1) is 11.5. The van der Waals surface area contributed by atoms with E-state index in [0.717, 1.165) is 31.8 Å². The first-order chi connectivity index (χ1) is 8.86. The highest BCUT2D eigenvalue weighted by molar-refractivity contribution is 5.04. The van der Waals surface area contributed by atoms with Crippen molar-refractivity contribution in [3.8, 4) is 0 Å². The van der Waals surface area contributed by atoms with Crippen molar-refractivity contribution in [1.82, 2.24) is 14.5 Å². The molecule has 1 aliphatic heterocycles. The van der Waals surface area contributed by atoms with Crippen LogP contribution in [0.1, 0.15) is 17.9 Å². The molecule has 0 unspecified atom stereocenters. The van der Waals surface area contributed by atoms with Gasteiger partial charge < -0.3 is 14.1 Å². The fourth-order valence-corrected chi connectivity index (χ4v) is 2.48. The van der Waals surface area contributed by atoms with E-state index < -0.39 is 0 Å². The minimum Gasteiger partial charge on any atom is -0.468 e. The summed E-state index contributed by atoms with van der Waals surface area (Å²) in [5, 5.41) is 9.53. The van der Waals surface area contributed by atoms with E-state index in [0.29, 0.717) is 0 Å². The summed E-state index contributed by atoms with van der Waals surface area (Å²) < 4.78 is 7.55. The second-order valence-electron chi connectivity index (χ2n) is 4.69. The second kappa shape index (κ2) is 4.96. The maximum absolute atomic E-state index is 9.53. The lowest BCUT2D eigenvalue weighted by atomic mass is 10.2. The number of aliphatic hydroxyl groups is 1. The maximum Gasteiger partial charge on any atom is 0.117 e. The Morgan fingerprint density at radius 2 is 2.44 bits per heavy atom. The molecule has 18 heavy (non-hydrogen) atoms. The van der Waals surface area contributed by atoms with Gasteiger partial charge in [0.2, 0.25) is 0 Å². The van der Waals surface area contributed by atoms with Crippen LogP contribution in [0.2, 0.25) is 0 Å². The van der Waals surface area contributed by atoms with Crippen molar-refractivity contribution in [3.05, 3.63) is 42.4 Å². The largest absolute Gasteiger partial charge is 0.468 e. The van der Waals surface area contributed by atoms with E-state index >= 15 is 0 Å². The predicted octanol–water partition coefficient (Wildman–Crippen LogP) is 1.24. The van der Waals surface area contributed by atoms with E-state index in [2.05, 4.69) is 14.5 Å². The summed E-state index contributed by atoms with van der Waals surface area (Å²) in [6.45, 7) is 2.61. The summed E-state index contributed by atoms with van der Waals surface area (Å²) in [6, 6.07) is 4.04. The Kier molecular flexibility index (Phi) is 3.17. The number of nitrogens with zero attached hydrogens (tertiary/aromatic N) is 3. The first-order valence-corrected chi connectivity index (χ1v) is 6.23. The molecule has 2 aromatic rings. The molecule has 96 valence electrons. The van der Waals surface area contributed by atoms with Gasteiger partial charge in [0.25, 0.3) is 0 Å². The normalized spacial score (nSPS) is 20.6.